The van der Waals surface area contributed by atoms with Crippen LogP contribution in [0.2, 0.25) is 0 Å². The number of nitrogens with zero attached hydrogens (tertiary/aromatic N) is 2. The molecule has 0 fully saturated rings. The number of hydrogen-bond donors (Lipinski definition) is 2. The Bertz CT molecular complexity index is 1140. The standard InChI is InChI=1S/C19H20N4O5S2/c1-12-4-6-13(7-5-12)21-18(24)19-23-22-17(29-19)11-20-30(25,26)14-8-9-15(27-2)16(10-14)28-3/h4-10,20H,11H2,1-3H3,(H,21,24). The van der Waals surface area contributed by atoms with E-state index in [-0.39, 0.29) is 16.4 Å². The fourth-order valence-corrected chi connectivity index (χ4v) is 4.23. The maximum atomic E-state index is 12.6. The number of anilines is 1. The minimum Gasteiger partial charge on any atom is -0.493 e. The molecular weight excluding hydrogens is 428 g/mol. The summed E-state index contributed by atoms with van der Waals surface area (Å²) in [7, 11) is -0.940. The molecule has 0 atom stereocenters. The molecule has 0 bridgehead atoms. The average molecular weight is 449 g/mol. The summed E-state index contributed by atoms with van der Waals surface area (Å²) in [5, 5.41) is 10.9. The van der Waals surface area contributed by atoms with E-state index in [0.29, 0.717) is 22.2 Å². The van der Waals surface area contributed by atoms with Gasteiger partial charge in [-0.1, -0.05) is 29.0 Å². The van der Waals surface area contributed by atoms with E-state index >= 15 is 0 Å². The van der Waals surface area contributed by atoms with E-state index in [1.54, 1.807) is 12.1 Å². The van der Waals surface area contributed by atoms with Gasteiger partial charge >= 0.3 is 0 Å². The van der Waals surface area contributed by atoms with Crippen molar-refractivity contribution in [3.63, 3.8) is 0 Å². The molecule has 0 radical (unpaired) electrons. The summed E-state index contributed by atoms with van der Waals surface area (Å²) in [5.41, 5.74) is 1.71. The van der Waals surface area contributed by atoms with Crippen molar-refractivity contribution in [2.24, 2.45) is 0 Å². The summed E-state index contributed by atoms with van der Waals surface area (Å²) in [6.07, 6.45) is 0. The predicted octanol–water partition coefficient (Wildman–Crippen LogP) is 2.59. The second-order valence-corrected chi connectivity index (χ2v) is 8.99. The lowest BCUT2D eigenvalue weighted by atomic mass is 10.2. The van der Waals surface area contributed by atoms with Crippen molar-refractivity contribution in [3.05, 3.63) is 58.0 Å². The van der Waals surface area contributed by atoms with Gasteiger partial charge in [0, 0.05) is 11.8 Å². The number of hydrogen-bond acceptors (Lipinski definition) is 8. The Balaban J connectivity index is 1.65. The van der Waals surface area contributed by atoms with E-state index in [9.17, 15) is 13.2 Å². The molecule has 0 aliphatic carbocycles. The van der Waals surface area contributed by atoms with Crippen LogP contribution in [0.5, 0.6) is 11.5 Å². The molecule has 0 aliphatic rings. The Hall–Kier alpha value is -3.02. The van der Waals surface area contributed by atoms with Gasteiger partial charge in [0.2, 0.25) is 15.0 Å². The zero-order valence-corrected chi connectivity index (χ0v) is 18.1. The second-order valence-electron chi connectivity index (χ2n) is 6.16. The SMILES string of the molecule is COc1ccc(S(=O)(=O)NCc2nnc(C(=O)Nc3ccc(C)cc3)s2)cc1OC. The molecular formula is C19H20N4O5S2. The molecule has 3 aromatic rings. The number of ether oxygens (including phenoxy) is 2. The normalized spacial score (nSPS) is 11.2. The monoisotopic (exact) mass is 448 g/mol. The highest BCUT2D eigenvalue weighted by Gasteiger charge is 2.19. The quantitative estimate of drug-likeness (QED) is 0.543. The molecule has 2 N–H and O–H groups in total. The number of amides is 1. The summed E-state index contributed by atoms with van der Waals surface area (Å²) in [6, 6.07) is 11.6. The summed E-state index contributed by atoms with van der Waals surface area (Å²) in [6.45, 7) is 1.85. The highest BCUT2D eigenvalue weighted by Crippen LogP contribution is 2.29. The number of nitrogens with one attached hydrogen (secondary N) is 2. The Kier molecular flexibility index (Phi) is 6.65. The summed E-state index contributed by atoms with van der Waals surface area (Å²) in [4.78, 5) is 12.3. The van der Waals surface area contributed by atoms with Gasteiger partial charge in [0.25, 0.3) is 5.91 Å². The van der Waals surface area contributed by atoms with E-state index in [2.05, 4.69) is 20.2 Å². The van der Waals surface area contributed by atoms with E-state index in [0.717, 1.165) is 16.9 Å². The van der Waals surface area contributed by atoms with Crippen molar-refractivity contribution < 1.29 is 22.7 Å². The van der Waals surface area contributed by atoms with Gasteiger partial charge in [-0.3, -0.25) is 4.79 Å². The smallest absolute Gasteiger partial charge is 0.286 e. The molecule has 0 unspecified atom stereocenters. The Morgan fingerprint density at radius 1 is 1.03 bits per heavy atom. The van der Waals surface area contributed by atoms with Crippen LogP contribution < -0.4 is 19.5 Å². The van der Waals surface area contributed by atoms with Gasteiger partial charge in [0.05, 0.1) is 25.7 Å². The maximum absolute atomic E-state index is 12.6. The van der Waals surface area contributed by atoms with Crippen molar-refractivity contribution in [1.82, 2.24) is 14.9 Å². The van der Waals surface area contributed by atoms with E-state index in [4.69, 9.17) is 9.47 Å². The number of aromatic nitrogens is 2. The Morgan fingerprint density at radius 3 is 2.40 bits per heavy atom. The van der Waals surface area contributed by atoms with Gasteiger partial charge in [0.1, 0.15) is 5.01 Å². The van der Waals surface area contributed by atoms with Crippen LogP contribution >= 0.6 is 11.3 Å². The van der Waals surface area contributed by atoms with Crippen LogP contribution in [0.3, 0.4) is 0 Å². The first kappa shape index (κ1) is 21.7. The lowest BCUT2D eigenvalue weighted by Gasteiger charge is -2.10. The number of rotatable bonds is 8. The third-order valence-electron chi connectivity index (χ3n) is 4.05. The molecule has 9 nitrogen and oxygen atoms in total. The van der Waals surface area contributed by atoms with Crippen molar-refractivity contribution in [3.8, 4) is 11.5 Å². The molecule has 158 valence electrons. The maximum Gasteiger partial charge on any atom is 0.286 e. The van der Waals surface area contributed by atoms with E-state index in [1.807, 2.05) is 19.1 Å². The van der Waals surface area contributed by atoms with Crippen LogP contribution in [-0.4, -0.2) is 38.7 Å². The highest BCUT2D eigenvalue weighted by molar-refractivity contribution is 7.89. The van der Waals surface area contributed by atoms with Crippen molar-refractivity contribution in [2.45, 2.75) is 18.4 Å². The van der Waals surface area contributed by atoms with Crippen LogP contribution in [0.4, 0.5) is 5.69 Å². The van der Waals surface area contributed by atoms with Crippen LogP contribution in [0.15, 0.2) is 47.4 Å². The number of benzene rings is 2. The number of methoxy groups -OCH3 is 2. The zero-order chi connectivity index (χ0) is 21.7. The molecule has 0 saturated carbocycles. The number of aryl methyl sites for hydroxylation is 1. The Labute approximate surface area is 178 Å². The van der Waals surface area contributed by atoms with Crippen LogP contribution in [-0.2, 0) is 16.6 Å². The fourth-order valence-electron chi connectivity index (χ4n) is 2.46. The molecule has 0 aliphatic heterocycles. The molecule has 1 aromatic heterocycles. The van der Waals surface area contributed by atoms with Crippen molar-refractivity contribution in [1.29, 1.82) is 0 Å². The summed E-state index contributed by atoms with van der Waals surface area (Å²) in [5.74, 6) is 0.307. The first-order valence-corrected chi connectivity index (χ1v) is 11.0. The largest absolute Gasteiger partial charge is 0.493 e. The summed E-state index contributed by atoms with van der Waals surface area (Å²) >= 11 is 1.01. The minimum atomic E-state index is -3.83. The number of carbonyl (C=O) groups excluding carboxylic acids is 1. The Morgan fingerprint density at radius 2 is 1.73 bits per heavy atom. The predicted molar refractivity (Wildman–Crippen MR) is 113 cm³/mol. The zero-order valence-electron chi connectivity index (χ0n) is 16.5. The molecule has 1 heterocycles. The minimum absolute atomic E-state index is 0.0157. The van der Waals surface area contributed by atoms with Crippen molar-refractivity contribution in [2.75, 3.05) is 19.5 Å². The van der Waals surface area contributed by atoms with Gasteiger partial charge in [-0.05, 0) is 31.2 Å². The molecule has 11 heteroatoms. The second kappa shape index (κ2) is 9.20. The first-order valence-electron chi connectivity index (χ1n) is 8.74. The van der Waals surface area contributed by atoms with Crippen molar-refractivity contribution >= 4 is 33.0 Å². The lowest BCUT2D eigenvalue weighted by Crippen LogP contribution is -2.23. The highest BCUT2D eigenvalue weighted by atomic mass is 32.2. The van der Waals surface area contributed by atoms with E-state index in [1.165, 1.54) is 32.4 Å². The number of carbonyl (C=O) groups is 1. The van der Waals surface area contributed by atoms with Gasteiger partial charge in [0.15, 0.2) is 11.5 Å². The van der Waals surface area contributed by atoms with Gasteiger partial charge in [-0.25, -0.2) is 13.1 Å². The average Bonchev–Trinajstić information content (AvgIpc) is 3.23. The van der Waals surface area contributed by atoms with Crippen LogP contribution in [0, 0.1) is 6.92 Å². The van der Waals surface area contributed by atoms with Crippen LogP contribution in [0.25, 0.3) is 0 Å². The number of sulfonamides is 1. The molecule has 0 spiro atoms. The molecule has 0 saturated heterocycles. The third-order valence-corrected chi connectivity index (χ3v) is 6.37. The molecule has 30 heavy (non-hydrogen) atoms. The molecule has 1 amide bonds. The van der Waals surface area contributed by atoms with Gasteiger partial charge < -0.3 is 14.8 Å². The first-order chi connectivity index (χ1) is 14.3. The summed E-state index contributed by atoms with van der Waals surface area (Å²) < 4.78 is 37.8. The van der Waals surface area contributed by atoms with Gasteiger partial charge in [-0.15, -0.1) is 10.2 Å². The molecule has 2 aromatic carbocycles. The van der Waals surface area contributed by atoms with Gasteiger partial charge in [-0.2, -0.15) is 0 Å². The topological polar surface area (TPSA) is 120 Å². The fraction of sp³-hybridized carbons (Fsp3) is 0.211. The lowest BCUT2D eigenvalue weighted by molar-refractivity contribution is 0.102. The third kappa shape index (κ3) is 5.12. The van der Waals surface area contributed by atoms with Crippen LogP contribution in [0.1, 0.15) is 20.4 Å². The molecule has 3 rings (SSSR count). The van der Waals surface area contributed by atoms with E-state index < -0.39 is 15.9 Å².